The number of hydrogen-bond donors (Lipinski definition) is 1. The molecular weight excluding hydrogens is 152 g/mol. The molecular formula is C10H20O2. The molecule has 0 rings (SSSR count). The fraction of sp³-hybridized carbons (Fsp3) is 0.900. The van der Waals surface area contributed by atoms with Crippen molar-refractivity contribution in [2.45, 2.75) is 40.0 Å². The molecule has 0 heterocycles. The van der Waals surface area contributed by atoms with Gasteiger partial charge >= 0.3 is 0 Å². The van der Waals surface area contributed by atoms with Gasteiger partial charge in [0, 0.05) is 19.4 Å². The molecule has 12 heavy (non-hydrogen) atoms. The Bertz CT molecular complexity index is 130. The van der Waals surface area contributed by atoms with Crippen molar-refractivity contribution in [1.82, 2.24) is 0 Å². The molecule has 2 heteroatoms. The van der Waals surface area contributed by atoms with Crippen LogP contribution in [0.5, 0.6) is 0 Å². The lowest BCUT2D eigenvalue weighted by Gasteiger charge is -2.09. The van der Waals surface area contributed by atoms with Gasteiger partial charge in [-0.2, -0.15) is 0 Å². The Morgan fingerprint density at radius 1 is 1.25 bits per heavy atom. The van der Waals surface area contributed by atoms with Crippen LogP contribution in [0.15, 0.2) is 0 Å². The summed E-state index contributed by atoms with van der Waals surface area (Å²) < 4.78 is 0. The van der Waals surface area contributed by atoms with Crippen LogP contribution in [0.1, 0.15) is 40.0 Å². The molecule has 1 atom stereocenters. The Morgan fingerprint density at radius 2 is 1.83 bits per heavy atom. The molecule has 0 aromatic carbocycles. The number of aliphatic hydroxyl groups excluding tert-OH is 1. The standard InChI is InChI=1S/C10H20O2/c1-8(2)6-10(12)7-9(3)4-5-11/h8-9,11H,4-7H2,1-3H3. The fourth-order valence-electron chi connectivity index (χ4n) is 1.25. The van der Waals surface area contributed by atoms with Gasteiger partial charge in [-0.3, -0.25) is 4.79 Å². The molecule has 0 radical (unpaired) electrons. The molecule has 0 saturated carbocycles. The van der Waals surface area contributed by atoms with E-state index in [9.17, 15) is 4.79 Å². The average molecular weight is 172 g/mol. The Labute approximate surface area is 75.0 Å². The van der Waals surface area contributed by atoms with Crippen LogP contribution in [0.3, 0.4) is 0 Å². The third-order valence-corrected chi connectivity index (χ3v) is 1.83. The number of rotatable bonds is 6. The molecule has 0 aliphatic heterocycles. The first kappa shape index (κ1) is 11.6. The molecule has 0 saturated heterocycles. The highest BCUT2D eigenvalue weighted by Crippen LogP contribution is 2.11. The molecule has 0 spiro atoms. The number of carbonyl (C=O) groups is 1. The average Bonchev–Trinajstić information content (AvgIpc) is 1.84. The minimum Gasteiger partial charge on any atom is -0.396 e. The maximum Gasteiger partial charge on any atom is 0.133 e. The van der Waals surface area contributed by atoms with E-state index in [-0.39, 0.29) is 6.61 Å². The Balaban J connectivity index is 3.54. The van der Waals surface area contributed by atoms with Crippen LogP contribution in [0.4, 0.5) is 0 Å². The second-order valence-corrected chi connectivity index (χ2v) is 3.96. The summed E-state index contributed by atoms with van der Waals surface area (Å²) in [6.45, 7) is 6.30. The highest BCUT2D eigenvalue weighted by molar-refractivity contribution is 5.78. The van der Waals surface area contributed by atoms with Crippen LogP contribution >= 0.6 is 0 Å². The van der Waals surface area contributed by atoms with E-state index < -0.39 is 0 Å². The van der Waals surface area contributed by atoms with Crippen LogP contribution in [0, 0.1) is 11.8 Å². The van der Waals surface area contributed by atoms with Crippen LogP contribution in [-0.4, -0.2) is 17.5 Å². The van der Waals surface area contributed by atoms with Crippen molar-refractivity contribution in [2.24, 2.45) is 11.8 Å². The van der Waals surface area contributed by atoms with Gasteiger partial charge in [0.15, 0.2) is 0 Å². The van der Waals surface area contributed by atoms with Gasteiger partial charge < -0.3 is 5.11 Å². The largest absolute Gasteiger partial charge is 0.396 e. The molecule has 72 valence electrons. The molecule has 0 aliphatic carbocycles. The minimum absolute atomic E-state index is 0.191. The molecule has 0 aromatic rings. The van der Waals surface area contributed by atoms with Crippen LogP contribution in [0.2, 0.25) is 0 Å². The van der Waals surface area contributed by atoms with Crippen molar-refractivity contribution in [3.63, 3.8) is 0 Å². The first-order chi connectivity index (χ1) is 5.56. The zero-order valence-electron chi connectivity index (χ0n) is 8.34. The second kappa shape index (κ2) is 6.18. The quantitative estimate of drug-likeness (QED) is 0.665. The maximum atomic E-state index is 11.3. The van der Waals surface area contributed by atoms with E-state index in [0.29, 0.717) is 30.5 Å². The summed E-state index contributed by atoms with van der Waals surface area (Å²) in [6, 6.07) is 0. The first-order valence-electron chi connectivity index (χ1n) is 4.68. The number of hydrogen-bond acceptors (Lipinski definition) is 2. The van der Waals surface area contributed by atoms with Crippen molar-refractivity contribution >= 4 is 5.78 Å². The molecule has 2 nitrogen and oxygen atoms in total. The Kier molecular flexibility index (Phi) is 5.99. The van der Waals surface area contributed by atoms with Crippen LogP contribution in [0.25, 0.3) is 0 Å². The van der Waals surface area contributed by atoms with E-state index >= 15 is 0 Å². The van der Waals surface area contributed by atoms with E-state index in [0.717, 1.165) is 6.42 Å². The highest BCUT2D eigenvalue weighted by Gasteiger charge is 2.09. The number of ketones is 1. The van der Waals surface area contributed by atoms with Crippen molar-refractivity contribution in [3.05, 3.63) is 0 Å². The van der Waals surface area contributed by atoms with E-state index in [2.05, 4.69) is 13.8 Å². The van der Waals surface area contributed by atoms with Crippen molar-refractivity contribution < 1.29 is 9.90 Å². The zero-order valence-corrected chi connectivity index (χ0v) is 8.34. The van der Waals surface area contributed by atoms with E-state index in [1.54, 1.807) is 0 Å². The fourth-order valence-corrected chi connectivity index (χ4v) is 1.25. The molecule has 0 bridgehead atoms. The van der Waals surface area contributed by atoms with Gasteiger partial charge in [0.05, 0.1) is 0 Å². The van der Waals surface area contributed by atoms with Crippen molar-refractivity contribution in [2.75, 3.05) is 6.61 Å². The van der Waals surface area contributed by atoms with Gasteiger partial charge in [-0.1, -0.05) is 20.8 Å². The van der Waals surface area contributed by atoms with Gasteiger partial charge in [-0.05, 0) is 18.3 Å². The van der Waals surface area contributed by atoms with Crippen LogP contribution < -0.4 is 0 Å². The second-order valence-electron chi connectivity index (χ2n) is 3.96. The number of carbonyl (C=O) groups excluding carboxylic acids is 1. The lowest BCUT2D eigenvalue weighted by Crippen LogP contribution is -2.09. The van der Waals surface area contributed by atoms with Crippen molar-refractivity contribution in [3.8, 4) is 0 Å². The summed E-state index contributed by atoms with van der Waals surface area (Å²) in [5, 5.41) is 8.62. The summed E-state index contributed by atoms with van der Waals surface area (Å²) in [6.07, 6.45) is 2.04. The number of aliphatic hydroxyl groups is 1. The summed E-state index contributed by atoms with van der Waals surface area (Å²) >= 11 is 0. The third kappa shape index (κ3) is 6.35. The predicted octanol–water partition coefficient (Wildman–Crippen LogP) is 2.01. The maximum absolute atomic E-state index is 11.3. The minimum atomic E-state index is 0.191. The SMILES string of the molecule is CC(C)CC(=O)CC(C)CCO. The third-order valence-electron chi connectivity index (χ3n) is 1.83. The van der Waals surface area contributed by atoms with Gasteiger partial charge in [-0.15, -0.1) is 0 Å². The van der Waals surface area contributed by atoms with Crippen molar-refractivity contribution in [1.29, 1.82) is 0 Å². The van der Waals surface area contributed by atoms with Gasteiger partial charge in [0.25, 0.3) is 0 Å². The first-order valence-corrected chi connectivity index (χ1v) is 4.68. The van der Waals surface area contributed by atoms with Gasteiger partial charge in [0.1, 0.15) is 5.78 Å². The van der Waals surface area contributed by atoms with Gasteiger partial charge in [0.2, 0.25) is 0 Å². The van der Waals surface area contributed by atoms with E-state index in [1.165, 1.54) is 0 Å². The summed E-state index contributed by atoms with van der Waals surface area (Å²) in [5.41, 5.74) is 0. The molecule has 1 N–H and O–H groups in total. The summed E-state index contributed by atoms with van der Waals surface area (Å²) in [5.74, 6) is 1.12. The molecule has 0 aromatic heterocycles. The predicted molar refractivity (Wildman–Crippen MR) is 49.9 cm³/mol. The monoisotopic (exact) mass is 172 g/mol. The smallest absolute Gasteiger partial charge is 0.133 e. The molecule has 0 amide bonds. The molecule has 1 unspecified atom stereocenters. The van der Waals surface area contributed by atoms with E-state index in [1.807, 2.05) is 6.92 Å². The summed E-state index contributed by atoms with van der Waals surface area (Å²) in [7, 11) is 0. The van der Waals surface area contributed by atoms with E-state index in [4.69, 9.17) is 5.11 Å². The zero-order chi connectivity index (χ0) is 9.56. The summed E-state index contributed by atoms with van der Waals surface area (Å²) in [4.78, 5) is 11.3. The highest BCUT2D eigenvalue weighted by atomic mass is 16.3. The molecule has 0 aliphatic rings. The lowest BCUT2D eigenvalue weighted by atomic mass is 9.96. The lowest BCUT2D eigenvalue weighted by molar-refractivity contribution is -0.120. The Hall–Kier alpha value is -0.370. The normalized spacial score (nSPS) is 13.4. The topological polar surface area (TPSA) is 37.3 Å². The Morgan fingerprint density at radius 3 is 2.25 bits per heavy atom. The van der Waals surface area contributed by atoms with Crippen LogP contribution in [-0.2, 0) is 4.79 Å². The molecule has 0 fully saturated rings. The number of Topliss-reactive ketones (excluding diaryl/α,β-unsaturated/α-hetero) is 1. The van der Waals surface area contributed by atoms with Gasteiger partial charge in [-0.25, -0.2) is 0 Å².